The summed E-state index contributed by atoms with van der Waals surface area (Å²) in [7, 11) is 0. The summed E-state index contributed by atoms with van der Waals surface area (Å²) >= 11 is 0. The van der Waals surface area contributed by atoms with Crippen LogP contribution in [0.3, 0.4) is 0 Å². The number of benzene rings is 1. The highest BCUT2D eigenvalue weighted by atomic mass is 14.9. The molecule has 0 fully saturated rings. The summed E-state index contributed by atoms with van der Waals surface area (Å²) in [5.41, 5.74) is 4.53. The van der Waals surface area contributed by atoms with Crippen molar-refractivity contribution in [2.75, 3.05) is 0 Å². The van der Waals surface area contributed by atoms with Crippen molar-refractivity contribution in [2.45, 2.75) is 26.2 Å². The van der Waals surface area contributed by atoms with Crippen molar-refractivity contribution >= 4 is 11.0 Å². The summed E-state index contributed by atoms with van der Waals surface area (Å²) < 4.78 is 0. The number of nitrogens with one attached hydrogen (secondary N) is 1. The monoisotopic (exact) mass is 251 g/mol. The Morgan fingerprint density at radius 2 is 1.95 bits per heavy atom. The van der Waals surface area contributed by atoms with Gasteiger partial charge in [0, 0.05) is 18.0 Å². The summed E-state index contributed by atoms with van der Waals surface area (Å²) in [5, 5.41) is 0. The number of rotatable bonds is 1. The minimum Gasteiger partial charge on any atom is -0.338 e. The van der Waals surface area contributed by atoms with Crippen molar-refractivity contribution in [1.82, 2.24) is 15.0 Å². The quantitative estimate of drug-likeness (QED) is 0.712. The minimum absolute atomic E-state index is 0.147. The van der Waals surface area contributed by atoms with E-state index in [2.05, 4.69) is 53.9 Å². The van der Waals surface area contributed by atoms with Crippen LogP contribution in [0, 0.1) is 0 Å². The number of nitrogens with zero attached hydrogens (tertiary/aromatic N) is 2. The Hall–Kier alpha value is -2.16. The van der Waals surface area contributed by atoms with Crippen LogP contribution in [-0.2, 0) is 5.41 Å². The highest BCUT2D eigenvalue weighted by Gasteiger charge is 2.15. The van der Waals surface area contributed by atoms with Gasteiger partial charge in [0.25, 0.3) is 0 Å². The summed E-state index contributed by atoms with van der Waals surface area (Å²) in [4.78, 5) is 12.1. The van der Waals surface area contributed by atoms with Crippen LogP contribution in [0.1, 0.15) is 26.3 Å². The molecule has 3 aromatic rings. The van der Waals surface area contributed by atoms with E-state index in [-0.39, 0.29) is 5.41 Å². The first kappa shape index (κ1) is 11.9. The Bertz CT molecular complexity index is 706. The summed E-state index contributed by atoms with van der Waals surface area (Å²) in [6.07, 6.45) is 3.59. The van der Waals surface area contributed by atoms with Crippen LogP contribution in [0.15, 0.2) is 42.7 Å². The van der Waals surface area contributed by atoms with Gasteiger partial charge in [-0.1, -0.05) is 26.8 Å². The molecule has 3 rings (SSSR count). The number of aromatic nitrogens is 3. The maximum Gasteiger partial charge on any atom is 0.140 e. The Balaban J connectivity index is 2.12. The van der Waals surface area contributed by atoms with Crippen molar-refractivity contribution in [2.24, 2.45) is 0 Å². The molecule has 0 spiro atoms. The topological polar surface area (TPSA) is 41.6 Å². The molecular formula is C16H17N3. The van der Waals surface area contributed by atoms with Crippen LogP contribution in [0.25, 0.3) is 22.4 Å². The molecule has 96 valence electrons. The molecule has 0 aliphatic heterocycles. The van der Waals surface area contributed by atoms with Gasteiger partial charge < -0.3 is 4.98 Å². The number of hydrogen-bond donors (Lipinski definition) is 1. The van der Waals surface area contributed by atoms with E-state index in [9.17, 15) is 0 Å². The van der Waals surface area contributed by atoms with Crippen LogP contribution < -0.4 is 0 Å². The van der Waals surface area contributed by atoms with E-state index in [1.54, 1.807) is 6.20 Å². The first-order valence-electron chi connectivity index (χ1n) is 6.45. The fraction of sp³-hybridized carbons (Fsp3) is 0.250. The van der Waals surface area contributed by atoms with Crippen LogP contribution >= 0.6 is 0 Å². The highest BCUT2D eigenvalue weighted by Crippen LogP contribution is 2.26. The van der Waals surface area contributed by atoms with E-state index in [4.69, 9.17) is 0 Å². The first-order chi connectivity index (χ1) is 9.04. The van der Waals surface area contributed by atoms with E-state index >= 15 is 0 Å². The molecule has 1 aromatic carbocycles. The zero-order chi connectivity index (χ0) is 13.5. The van der Waals surface area contributed by atoms with Crippen molar-refractivity contribution in [3.63, 3.8) is 0 Å². The number of H-pyrrole nitrogens is 1. The molecule has 0 bridgehead atoms. The summed E-state index contributed by atoms with van der Waals surface area (Å²) in [6.45, 7) is 6.64. The number of hydrogen-bond acceptors (Lipinski definition) is 2. The average Bonchev–Trinajstić information content (AvgIpc) is 2.81. The number of fused-ring (bicyclic) bond motifs is 1. The third-order valence-corrected chi connectivity index (χ3v) is 3.28. The number of imidazole rings is 1. The van der Waals surface area contributed by atoms with Crippen LogP contribution in [0.2, 0.25) is 0 Å². The second kappa shape index (κ2) is 4.19. The van der Waals surface area contributed by atoms with Crippen molar-refractivity contribution < 1.29 is 0 Å². The second-order valence-corrected chi connectivity index (χ2v) is 5.81. The zero-order valence-corrected chi connectivity index (χ0v) is 11.4. The molecule has 0 radical (unpaired) electrons. The van der Waals surface area contributed by atoms with Gasteiger partial charge in [-0.05, 0) is 35.2 Å². The van der Waals surface area contributed by atoms with Gasteiger partial charge in [-0.25, -0.2) is 4.98 Å². The van der Waals surface area contributed by atoms with Crippen LogP contribution in [0.4, 0.5) is 0 Å². The molecule has 0 amide bonds. The molecular weight excluding hydrogens is 234 g/mol. The Kier molecular flexibility index (Phi) is 2.63. The van der Waals surface area contributed by atoms with Crippen molar-refractivity contribution in [3.8, 4) is 11.4 Å². The fourth-order valence-electron chi connectivity index (χ4n) is 2.12. The van der Waals surface area contributed by atoms with Crippen LogP contribution in [0.5, 0.6) is 0 Å². The number of aromatic amines is 1. The average molecular weight is 251 g/mol. The fourth-order valence-corrected chi connectivity index (χ4v) is 2.12. The van der Waals surface area contributed by atoms with Gasteiger partial charge in [-0.3, -0.25) is 4.98 Å². The lowest BCUT2D eigenvalue weighted by Gasteiger charge is -2.18. The maximum absolute atomic E-state index is 4.61. The molecule has 0 aliphatic rings. The molecule has 0 saturated heterocycles. The number of pyridine rings is 1. The molecule has 0 saturated carbocycles. The largest absolute Gasteiger partial charge is 0.338 e. The van der Waals surface area contributed by atoms with E-state index in [1.807, 2.05) is 18.3 Å². The lowest BCUT2D eigenvalue weighted by atomic mass is 9.87. The smallest absolute Gasteiger partial charge is 0.140 e. The summed E-state index contributed by atoms with van der Waals surface area (Å²) in [5.74, 6) is 0.870. The molecule has 2 aromatic heterocycles. The Labute approximate surface area is 112 Å². The predicted molar refractivity (Wildman–Crippen MR) is 78.0 cm³/mol. The molecule has 2 heterocycles. The maximum atomic E-state index is 4.61. The molecule has 3 heteroatoms. The van der Waals surface area contributed by atoms with Crippen LogP contribution in [-0.4, -0.2) is 15.0 Å². The van der Waals surface area contributed by atoms with Gasteiger partial charge in [0.05, 0.1) is 11.0 Å². The zero-order valence-electron chi connectivity index (χ0n) is 11.4. The van der Waals surface area contributed by atoms with Crippen molar-refractivity contribution in [3.05, 3.63) is 48.3 Å². The molecule has 0 aliphatic carbocycles. The molecule has 1 N–H and O–H groups in total. The van der Waals surface area contributed by atoms with E-state index < -0.39 is 0 Å². The summed E-state index contributed by atoms with van der Waals surface area (Å²) in [6, 6.07) is 10.3. The lowest BCUT2D eigenvalue weighted by Crippen LogP contribution is -2.10. The normalized spacial score (nSPS) is 11.9. The minimum atomic E-state index is 0.147. The van der Waals surface area contributed by atoms with Gasteiger partial charge in [-0.2, -0.15) is 0 Å². The van der Waals surface area contributed by atoms with Gasteiger partial charge >= 0.3 is 0 Å². The predicted octanol–water partition coefficient (Wildman–Crippen LogP) is 3.92. The third kappa shape index (κ3) is 2.24. The van der Waals surface area contributed by atoms with E-state index in [1.165, 1.54) is 5.56 Å². The second-order valence-electron chi connectivity index (χ2n) is 5.81. The van der Waals surface area contributed by atoms with Gasteiger partial charge in [0.15, 0.2) is 0 Å². The van der Waals surface area contributed by atoms with Crippen molar-refractivity contribution in [1.29, 1.82) is 0 Å². The highest BCUT2D eigenvalue weighted by molar-refractivity contribution is 5.80. The Morgan fingerprint density at radius 3 is 2.63 bits per heavy atom. The van der Waals surface area contributed by atoms with E-state index in [0.717, 1.165) is 22.4 Å². The molecule has 3 nitrogen and oxygen atoms in total. The standard InChI is InChI=1S/C16H17N3/c1-16(2,3)12-6-7-13-14(9-12)19-15(18-13)11-5-4-8-17-10-11/h4-10H,1-3H3,(H,18,19). The van der Waals surface area contributed by atoms with E-state index in [0.29, 0.717) is 0 Å². The van der Waals surface area contributed by atoms with Gasteiger partial charge in [0.2, 0.25) is 0 Å². The first-order valence-corrected chi connectivity index (χ1v) is 6.45. The third-order valence-electron chi connectivity index (χ3n) is 3.28. The molecule has 0 atom stereocenters. The lowest BCUT2D eigenvalue weighted by molar-refractivity contribution is 0.591. The van der Waals surface area contributed by atoms with Gasteiger partial charge in [-0.15, -0.1) is 0 Å². The SMILES string of the molecule is CC(C)(C)c1ccc2nc(-c3cccnc3)[nH]c2c1. The Morgan fingerprint density at radius 1 is 1.11 bits per heavy atom. The van der Waals surface area contributed by atoms with Gasteiger partial charge in [0.1, 0.15) is 5.82 Å². The molecule has 19 heavy (non-hydrogen) atoms. The molecule has 0 unspecified atom stereocenters.